The number of aryl methyl sites for hydroxylation is 2. The molecule has 3 nitrogen and oxygen atoms in total. The van der Waals surface area contributed by atoms with Crippen LogP contribution >= 0.6 is 20.2 Å². The summed E-state index contributed by atoms with van der Waals surface area (Å²) in [7, 11) is 9.53. The van der Waals surface area contributed by atoms with Crippen molar-refractivity contribution in [1.29, 1.82) is 0 Å². The van der Waals surface area contributed by atoms with E-state index >= 15 is 0 Å². The Morgan fingerprint density at radius 3 is 1.43 bits per heavy atom. The summed E-state index contributed by atoms with van der Waals surface area (Å²) in [5.41, 5.74) is 7.78. The SMILES string of the molecule is CC(=Nc1c(C)ccc2ccccc12)c1cccc(C(C)=Nc2c(C)ccc3ccccc23)n1.[Cl][Fe][Cl]. The Kier molecular flexibility index (Phi) is 9.13. The summed E-state index contributed by atoms with van der Waals surface area (Å²) in [5, 5.41) is 4.69. The number of aromatic nitrogens is 1. The normalized spacial score (nSPS) is 12.1. The van der Waals surface area contributed by atoms with Gasteiger partial charge >= 0.3 is 33.3 Å². The van der Waals surface area contributed by atoms with Crippen LogP contribution in [0.3, 0.4) is 0 Å². The Labute approximate surface area is 232 Å². The molecule has 0 N–H and O–H groups in total. The molecule has 37 heavy (non-hydrogen) atoms. The first-order valence-electron chi connectivity index (χ1n) is 11.8. The van der Waals surface area contributed by atoms with Gasteiger partial charge in [-0.2, -0.15) is 0 Å². The number of nitrogens with zero attached hydrogens (tertiary/aromatic N) is 3. The summed E-state index contributed by atoms with van der Waals surface area (Å²) in [6.45, 7) is 8.25. The number of pyridine rings is 1. The van der Waals surface area contributed by atoms with E-state index in [0.717, 1.165) is 56.1 Å². The Morgan fingerprint density at radius 1 is 0.595 bits per heavy atom. The Bertz CT molecular complexity index is 1510. The molecule has 0 fully saturated rings. The molecule has 0 radical (unpaired) electrons. The summed E-state index contributed by atoms with van der Waals surface area (Å²) in [4.78, 5) is 14.9. The number of halogens is 2. The van der Waals surface area contributed by atoms with Crippen molar-refractivity contribution in [3.63, 3.8) is 0 Å². The molecule has 0 aliphatic carbocycles. The van der Waals surface area contributed by atoms with E-state index in [1.165, 1.54) is 10.8 Å². The van der Waals surface area contributed by atoms with Crippen LogP contribution in [0.25, 0.3) is 21.5 Å². The third kappa shape index (κ3) is 6.29. The van der Waals surface area contributed by atoms with E-state index in [1.807, 2.05) is 32.0 Å². The second-order valence-electron chi connectivity index (χ2n) is 8.76. The molecule has 6 heteroatoms. The van der Waals surface area contributed by atoms with Crippen LogP contribution in [0.2, 0.25) is 0 Å². The zero-order chi connectivity index (χ0) is 26.4. The summed E-state index contributed by atoms with van der Waals surface area (Å²) >= 11 is 0.194. The van der Waals surface area contributed by atoms with Crippen molar-refractivity contribution in [3.05, 3.63) is 114 Å². The molecule has 0 bridgehead atoms. The molecular formula is C31H27Cl2FeN3. The van der Waals surface area contributed by atoms with Crippen molar-refractivity contribution in [3.8, 4) is 0 Å². The first-order chi connectivity index (χ1) is 17.9. The van der Waals surface area contributed by atoms with E-state index < -0.39 is 0 Å². The first kappa shape index (κ1) is 27.0. The van der Waals surface area contributed by atoms with E-state index in [0.29, 0.717) is 0 Å². The average molecular weight is 568 g/mol. The van der Waals surface area contributed by atoms with Crippen molar-refractivity contribution in [2.24, 2.45) is 9.98 Å². The summed E-state index contributed by atoms with van der Waals surface area (Å²) in [5.74, 6) is 0. The van der Waals surface area contributed by atoms with Gasteiger partial charge in [0.1, 0.15) is 0 Å². The fourth-order valence-electron chi connectivity index (χ4n) is 4.31. The minimum absolute atomic E-state index is 0.194. The summed E-state index contributed by atoms with van der Waals surface area (Å²) in [6.07, 6.45) is 0. The maximum absolute atomic E-state index is 5.01. The molecule has 4 aromatic carbocycles. The number of hydrogen-bond acceptors (Lipinski definition) is 3. The fourth-order valence-corrected chi connectivity index (χ4v) is 4.31. The van der Waals surface area contributed by atoms with Crippen LogP contribution in [0.5, 0.6) is 0 Å². The molecule has 0 amide bonds. The van der Waals surface area contributed by atoms with Crippen molar-refractivity contribution in [2.45, 2.75) is 27.7 Å². The van der Waals surface area contributed by atoms with E-state index in [4.69, 9.17) is 35.2 Å². The number of benzene rings is 4. The van der Waals surface area contributed by atoms with E-state index in [1.54, 1.807) is 0 Å². The Balaban J connectivity index is 0.00000102. The zero-order valence-electron chi connectivity index (χ0n) is 21.1. The van der Waals surface area contributed by atoms with Gasteiger partial charge in [-0.1, -0.05) is 78.9 Å². The quantitative estimate of drug-likeness (QED) is 0.157. The van der Waals surface area contributed by atoms with Gasteiger partial charge in [-0.05, 0) is 61.7 Å². The van der Waals surface area contributed by atoms with E-state index in [2.05, 4.69) is 86.6 Å². The van der Waals surface area contributed by atoms with Crippen LogP contribution in [0, 0.1) is 13.8 Å². The molecule has 1 aromatic heterocycles. The molecule has 5 aromatic rings. The first-order valence-corrected chi connectivity index (χ1v) is 14.9. The maximum atomic E-state index is 5.01. The molecule has 0 saturated heterocycles. The van der Waals surface area contributed by atoms with E-state index in [-0.39, 0.29) is 13.1 Å². The summed E-state index contributed by atoms with van der Waals surface area (Å²) in [6, 6.07) is 31.3. The van der Waals surface area contributed by atoms with Gasteiger partial charge in [0.2, 0.25) is 0 Å². The molecule has 0 aliphatic heterocycles. The molecule has 0 aliphatic rings. The van der Waals surface area contributed by atoms with Crippen LogP contribution in [-0.2, 0) is 13.1 Å². The molecule has 188 valence electrons. The Morgan fingerprint density at radius 2 is 1.00 bits per heavy atom. The van der Waals surface area contributed by atoms with Crippen LogP contribution in [0.1, 0.15) is 36.4 Å². The predicted molar refractivity (Wildman–Crippen MR) is 157 cm³/mol. The van der Waals surface area contributed by atoms with Crippen molar-refractivity contribution in [1.82, 2.24) is 4.98 Å². The number of hydrogen-bond donors (Lipinski definition) is 0. The molecule has 0 saturated carbocycles. The van der Waals surface area contributed by atoms with Gasteiger partial charge in [0.25, 0.3) is 0 Å². The fraction of sp³-hybridized carbons (Fsp3) is 0.129. The predicted octanol–water partition coefficient (Wildman–Crippen LogP) is 9.66. The molecule has 5 rings (SSSR count). The van der Waals surface area contributed by atoms with Crippen molar-refractivity contribution in [2.75, 3.05) is 0 Å². The van der Waals surface area contributed by atoms with Gasteiger partial charge in [-0.25, -0.2) is 4.98 Å². The van der Waals surface area contributed by atoms with Crippen LogP contribution < -0.4 is 0 Å². The third-order valence-corrected chi connectivity index (χ3v) is 6.25. The number of fused-ring (bicyclic) bond motifs is 2. The third-order valence-electron chi connectivity index (χ3n) is 6.25. The number of rotatable bonds is 4. The topological polar surface area (TPSA) is 37.6 Å². The van der Waals surface area contributed by atoms with Crippen LogP contribution in [-0.4, -0.2) is 16.4 Å². The van der Waals surface area contributed by atoms with Crippen molar-refractivity contribution < 1.29 is 13.1 Å². The van der Waals surface area contributed by atoms with Gasteiger partial charge < -0.3 is 0 Å². The van der Waals surface area contributed by atoms with Crippen LogP contribution in [0.4, 0.5) is 11.4 Å². The summed E-state index contributed by atoms with van der Waals surface area (Å²) < 4.78 is 0. The monoisotopic (exact) mass is 567 g/mol. The number of aliphatic imine (C=N–C) groups is 2. The van der Waals surface area contributed by atoms with Gasteiger partial charge in [-0.3, -0.25) is 9.98 Å². The second-order valence-corrected chi connectivity index (χ2v) is 10.6. The molecule has 0 atom stereocenters. The van der Waals surface area contributed by atoms with Crippen LogP contribution in [0.15, 0.2) is 101 Å². The van der Waals surface area contributed by atoms with Crippen molar-refractivity contribution >= 4 is 64.5 Å². The standard InChI is InChI=1S/C31H27N3.2ClH.Fe/c1-20-16-18-24-10-5-7-12-26(24)30(20)32-22(3)28-14-9-15-29(34-28)23(4)33-31-21(2)17-19-25-11-6-8-13-27(25)31;;;/h5-19H,1-4H3;2*1H;/q;;;+2/p-2. The molecule has 1 heterocycles. The van der Waals surface area contributed by atoms with Gasteiger partial charge in [0.15, 0.2) is 0 Å². The average Bonchev–Trinajstić information content (AvgIpc) is 2.92. The zero-order valence-corrected chi connectivity index (χ0v) is 23.7. The van der Waals surface area contributed by atoms with Gasteiger partial charge in [0.05, 0.1) is 34.2 Å². The minimum atomic E-state index is 0.194. The molecule has 0 unspecified atom stereocenters. The Hall–Kier alpha value is -3.01. The second kappa shape index (κ2) is 12.5. The van der Waals surface area contributed by atoms with Gasteiger partial charge in [-0.15, -0.1) is 0 Å². The van der Waals surface area contributed by atoms with Gasteiger partial charge in [0, 0.05) is 10.8 Å². The molecular weight excluding hydrogens is 541 g/mol. The van der Waals surface area contributed by atoms with E-state index in [9.17, 15) is 0 Å². The molecule has 0 spiro atoms.